The van der Waals surface area contributed by atoms with Crippen LogP contribution in [0.25, 0.3) is 0 Å². The molecule has 0 aromatic rings. The molecule has 0 heterocycles. The lowest BCUT2D eigenvalue weighted by atomic mass is 10.0. The monoisotopic (exact) mass is 378 g/mol. The molecule has 1 unspecified atom stereocenters. The molecule has 0 saturated heterocycles. The molecular weight excluding hydrogens is 348 g/mol. The number of rotatable bonds is 10. The molecule has 6 heteroatoms. The fraction of sp³-hybridized carbons (Fsp3) is 0.476. The summed E-state index contributed by atoms with van der Waals surface area (Å²) in [5.41, 5.74) is 2.82. The molecule has 0 aromatic carbocycles. The zero-order valence-electron chi connectivity index (χ0n) is 17.0. The van der Waals surface area contributed by atoms with E-state index in [4.69, 9.17) is 14.2 Å². The first-order valence-electron chi connectivity index (χ1n) is 8.79. The topological polar surface area (TPSA) is 78.9 Å². The summed E-state index contributed by atoms with van der Waals surface area (Å²) < 4.78 is 15.0. The van der Waals surface area contributed by atoms with Gasteiger partial charge in [0.15, 0.2) is 0 Å². The molecule has 0 saturated carbocycles. The van der Waals surface area contributed by atoms with Crippen molar-refractivity contribution in [2.75, 3.05) is 0 Å². The second-order valence-corrected chi connectivity index (χ2v) is 6.34. The van der Waals surface area contributed by atoms with Crippen LogP contribution in [0.15, 0.2) is 47.5 Å². The van der Waals surface area contributed by atoms with Crippen LogP contribution in [-0.4, -0.2) is 24.0 Å². The minimum absolute atomic E-state index is 0.398. The number of carbonyl (C=O) groups is 3. The molecule has 0 aromatic heterocycles. The van der Waals surface area contributed by atoms with E-state index in [1.807, 2.05) is 13.0 Å². The van der Waals surface area contributed by atoms with Gasteiger partial charge >= 0.3 is 17.9 Å². The molecule has 0 N–H and O–H groups in total. The quantitative estimate of drug-likeness (QED) is 0.183. The Morgan fingerprint density at radius 1 is 0.852 bits per heavy atom. The van der Waals surface area contributed by atoms with Crippen molar-refractivity contribution < 1.29 is 28.6 Å². The summed E-state index contributed by atoms with van der Waals surface area (Å²) >= 11 is 0. The molecule has 0 aliphatic rings. The summed E-state index contributed by atoms with van der Waals surface area (Å²) in [7, 11) is 0. The smallest absolute Gasteiger partial charge is 0.307 e. The molecule has 0 aliphatic heterocycles. The summed E-state index contributed by atoms with van der Waals surface area (Å²) in [6.45, 7) is 9.94. The predicted octanol–water partition coefficient (Wildman–Crippen LogP) is 4.52. The van der Waals surface area contributed by atoms with E-state index in [2.05, 4.69) is 19.9 Å². The van der Waals surface area contributed by atoms with Crippen molar-refractivity contribution in [3.05, 3.63) is 47.5 Å². The van der Waals surface area contributed by atoms with Crippen LogP contribution in [0.3, 0.4) is 0 Å². The second kappa shape index (κ2) is 13.6. The molecular formula is C21H30O6. The van der Waals surface area contributed by atoms with Gasteiger partial charge in [0.25, 0.3) is 0 Å². The third kappa shape index (κ3) is 14.2. The highest BCUT2D eigenvalue weighted by molar-refractivity contribution is 5.68. The molecule has 0 spiro atoms. The largest absolute Gasteiger partial charge is 0.457 e. The summed E-state index contributed by atoms with van der Waals surface area (Å²) in [6, 6.07) is 0. The van der Waals surface area contributed by atoms with Gasteiger partial charge in [-0.1, -0.05) is 23.3 Å². The van der Waals surface area contributed by atoms with E-state index in [-0.39, 0.29) is 0 Å². The SMILES string of the molecule is CC(=O)OC=CC(=COC(C)=O)C(CC=C(C)CCC=C(C)C)OC(C)=O. The van der Waals surface area contributed by atoms with E-state index in [1.165, 1.54) is 44.9 Å². The zero-order valence-corrected chi connectivity index (χ0v) is 17.0. The van der Waals surface area contributed by atoms with Crippen LogP contribution >= 0.6 is 0 Å². The van der Waals surface area contributed by atoms with Crippen LogP contribution in [0.1, 0.15) is 60.8 Å². The molecule has 6 nitrogen and oxygen atoms in total. The van der Waals surface area contributed by atoms with Crippen LogP contribution in [0.2, 0.25) is 0 Å². The van der Waals surface area contributed by atoms with Gasteiger partial charge in [0, 0.05) is 32.8 Å². The van der Waals surface area contributed by atoms with Gasteiger partial charge in [-0.05, 0) is 39.7 Å². The third-order valence-electron chi connectivity index (χ3n) is 3.31. The molecule has 0 amide bonds. The summed E-state index contributed by atoms with van der Waals surface area (Å²) in [5, 5.41) is 0. The highest BCUT2D eigenvalue weighted by atomic mass is 16.5. The fourth-order valence-corrected chi connectivity index (χ4v) is 2.03. The minimum Gasteiger partial charge on any atom is -0.457 e. The summed E-state index contributed by atoms with van der Waals surface area (Å²) in [6.07, 6.45) is 9.49. The number of hydrogen-bond donors (Lipinski definition) is 0. The Balaban J connectivity index is 5.34. The van der Waals surface area contributed by atoms with E-state index in [9.17, 15) is 14.4 Å². The van der Waals surface area contributed by atoms with E-state index in [1.54, 1.807) is 0 Å². The molecule has 0 fully saturated rings. The van der Waals surface area contributed by atoms with E-state index in [0.29, 0.717) is 12.0 Å². The van der Waals surface area contributed by atoms with Crippen molar-refractivity contribution in [2.24, 2.45) is 0 Å². The third-order valence-corrected chi connectivity index (χ3v) is 3.31. The first-order valence-corrected chi connectivity index (χ1v) is 8.79. The second-order valence-electron chi connectivity index (χ2n) is 6.34. The van der Waals surface area contributed by atoms with Gasteiger partial charge in [0.05, 0.1) is 6.26 Å². The van der Waals surface area contributed by atoms with Crippen LogP contribution in [0.5, 0.6) is 0 Å². The van der Waals surface area contributed by atoms with Crippen molar-refractivity contribution in [3.63, 3.8) is 0 Å². The van der Waals surface area contributed by atoms with Gasteiger partial charge in [-0.25, -0.2) is 0 Å². The first kappa shape index (κ1) is 24.4. The van der Waals surface area contributed by atoms with Crippen molar-refractivity contribution in [3.8, 4) is 0 Å². The number of ether oxygens (including phenoxy) is 3. The molecule has 0 rings (SSSR count). The molecule has 0 aliphatic carbocycles. The van der Waals surface area contributed by atoms with Gasteiger partial charge < -0.3 is 14.2 Å². The van der Waals surface area contributed by atoms with Gasteiger partial charge in [-0.15, -0.1) is 0 Å². The van der Waals surface area contributed by atoms with Gasteiger partial charge in [-0.3, -0.25) is 14.4 Å². The lowest BCUT2D eigenvalue weighted by molar-refractivity contribution is -0.144. The highest BCUT2D eigenvalue weighted by Gasteiger charge is 2.16. The molecule has 1 atom stereocenters. The fourth-order valence-electron chi connectivity index (χ4n) is 2.03. The highest BCUT2D eigenvalue weighted by Crippen LogP contribution is 2.17. The van der Waals surface area contributed by atoms with E-state index in [0.717, 1.165) is 18.4 Å². The van der Waals surface area contributed by atoms with Crippen LogP contribution in [-0.2, 0) is 28.6 Å². The molecule has 27 heavy (non-hydrogen) atoms. The van der Waals surface area contributed by atoms with Crippen LogP contribution in [0.4, 0.5) is 0 Å². The predicted molar refractivity (Wildman–Crippen MR) is 103 cm³/mol. The number of carbonyl (C=O) groups excluding carboxylic acids is 3. The summed E-state index contributed by atoms with van der Waals surface area (Å²) in [4.78, 5) is 33.5. The maximum absolute atomic E-state index is 11.5. The summed E-state index contributed by atoms with van der Waals surface area (Å²) in [5.74, 6) is -1.47. The Kier molecular flexibility index (Phi) is 12.2. The van der Waals surface area contributed by atoms with Crippen molar-refractivity contribution in [1.82, 2.24) is 0 Å². The zero-order chi connectivity index (χ0) is 20.8. The van der Waals surface area contributed by atoms with E-state index >= 15 is 0 Å². The lowest BCUT2D eigenvalue weighted by Gasteiger charge is -2.17. The average Bonchev–Trinajstić information content (AvgIpc) is 2.53. The Morgan fingerprint density at radius 2 is 1.48 bits per heavy atom. The van der Waals surface area contributed by atoms with Crippen molar-refractivity contribution in [2.45, 2.75) is 66.9 Å². The lowest BCUT2D eigenvalue weighted by Crippen LogP contribution is -2.18. The standard InChI is InChI=1S/C21H30O6/c1-15(2)8-7-9-16(3)10-11-21(27-19(6)24)20(14-26-18(5)23)12-13-25-17(4)22/h8,10,12-14,21H,7,9,11H2,1-6H3. The Bertz CT molecular complexity index is 633. The van der Waals surface area contributed by atoms with Crippen molar-refractivity contribution >= 4 is 17.9 Å². The Labute approximate surface area is 161 Å². The van der Waals surface area contributed by atoms with Crippen LogP contribution in [0, 0.1) is 0 Å². The van der Waals surface area contributed by atoms with Crippen molar-refractivity contribution in [1.29, 1.82) is 0 Å². The van der Waals surface area contributed by atoms with Gasteiger partial charge in [-0.2, -0.15) is 0 Å². The maximum Gasteiger partial charge on any atom is 0.307 e. The number of hydrogen-bond acceptors (Lipinski definition) is 6. The molecule has 0 bridgehead atoms. The Hall–Kier alpha value is -2.63. The Morgan fingerprint density at radius 3 is 2.00 bits per heavy atom. The average molecular weight is 378 g/mol. The number of allylic oxidation sites excluding steroid dienone is 3. The number of esters is 3. The van der Waals surface area contributed by atoms with Crippen LogP contribution < -0.4 is 0 Å². The van der Waals surface area contributed by atoms with Gasteiger partial charge in [0.1, 0.15) is 12.4 Å². The maximum atomic E-state index is 11.5. The van der Waals surface area contributed by atoms with E-state index < -0.39 is 24.0 Å². The normalized spacial score (nSPS) is 13.1. The molecule has 150 valence electrons. The van der Waals surface area contributed by atoms with Gasteiger partial charge in [0.2, 0.25) is 0 Å². The minimum atomic E-state index is -0.674. The first-order chi connectivity index (χ1) is 12.6. The molecule has 0 radical (unpaired) electrons.